The zero-order chi connectivity index (χ0) is 27.4. The van der Waals surface area contributed by atoms with Gasteiger partial charge in [-0.2, -0.15) is 5.26 Å². The number of aryl methyl sites for hydroxylation is 1. The van der Waals surface area contributed by atoms with Gasteiger partial charge in [-0.15, -0.1) is 0 Å². The number of hydrogen-bond donors (Lipinski definition) is 1. The van der Waals surface area contributed by atoms with Crippen molar-refractivity contribution >= 4 is 34.2 Å². The molecule has 0 spiro atoms. The Morgan fingerprint density at radius 1 is 1.10 bits per heavy atom. The molecular formula is C31H32ClFN4O2. The lowest BCUT2D eigenvalue weighted by atomic mass is 9.89. The van der Waals surface area contributed by atoms with Crippen LogP contribution in [0.3, 0.4) is 0 Å². The van der Waals surface area contributed by atoms with Crippen molar-refractivity contribution in [1.29, 1.82) is 5.26 Å². The van der Waals surface area contributed by atoms with E-state index in [1.54, 1.807) is 12.1 Å². The van der Waals surface area contributed by atoms with Crippen molar-refractivity contribution in [3.63, 3.8) is 0 Å². The first kappa shape index (κ1) is 27.1. The molecule has 6 nitrogen and oxygen atoms in total. The van der Waals surface area contributed by atoms with Gasteiger partial charge >= 0.3 is 0 Å². The summed E-state index contributed by atoms with van der Waals surface area (Å²) >= 11 is 6.62. The molecule has 2 aliphatic heterocycles. The van der Waals surface area contributed by atoms with Crippen LogP contribution in [-0.2, 0) is 6.42 Å². The second-order valence-electron chi connectivity index (χ2n) is 10.4. The van der Waals surface area contributed by atoms with Crippen LogP contribution in [0.25, 0.3) is 10.9 Å². The lowest BCUT2D eigenvalue weighted by Gasteiger charge is -2.30. The van der Waals surface area contributed by atoms with Gasteiger partial charge in [0, 0.05) is 41.9 Å². The molecule has 1 atom stereocenters. The zero-order valence-electron chi connectivity index (χ0n) is 21.8. The van der Waals surface area contributed by atoms with Crippen LogP contribution in [0.4, 0.5) is 4.39 Å². The number of benzene rings is 2. The number of fused-ring (bicyclic) bond motifs is 1. The molecule has 8 heteroatoms. The molecule has 5 rings (SSSR count). The smallest absolute Gasteiger partial charge is 0.272 e. The van der Waals surface area contributed by atoms with Gasteiger partial charge < -0.3 is 9.88 Å². The number of aromatic amines is 1. The molecule has 0 aliphatic carbocycles. The Hall–Kier alpha value is -3.47. The second kappa shape index (κ2) is 12.1. The molecule has 3 heterocycles. The van der Waals surface area contributed by atoms with E-state index in [-0.39, 0.29) is 29.5 Å². The standard InChI is InChI=1S/C31H32ClFN4O2/c32-28-26-12-7-21(4-1-15-34)20-27(26)35-29(28)31(39)37-17-3-6-25(37)5-2-16-36-18-13-23(14-19-36)30(38)22-8-10-24(33)11-9-22/h2,5,7-12,20,23,25,35H,1,3-4,6,13-14,16-19H2. The zero-order valence-corrected chi connectivity index (χ0v) is 22.6. The third kappa shape index (κ3) is 6.08. The van der Waals surface area contributed by atoms with Gasteiger partial charge in [-0.05, 0) is 81.1 Å². The van der Waals surface area contributed by atoms with Crippen molar-refractivity contribution in [2.24, 2.45) is 5.92 Å². The van der Waals surface area contributed by atoms with Crippen LogP contribution < -0.4 is 0 Å². The molecule has 2 fully saturated rings. The number of ketones is 1. The van der Waals surface area contributed by atoms with Crippen molar-refractivity contribution < 1.29 is 14.0 Å². The maximum absolute atomic E-state index is 13.5. The summed E-state index contributed by atoms with van der Waals surface area (Å²) in [7, 11) is 0. The summed E-state index contributed by atoms with van der Waals surface area (Å²) in [5.41, 5.74) is 2.84. The summed E-state index contributed by atoms with van der Waals surface area (Å²) in [6.07, 6.45) is 8.78. The van der Waals surface area contributed by atoms with E-state index >= 15 is 0 Å². The first-order valence-electron chi connectivity index (χ1n) is 13.6. The number of carbonyl (C=O) groups excluding carboxylic acids is 2. The number of nitrogens with one attached hydrogen (secondary N) is 1. The SMILES string of the molecule is N#CCCc1ccc2c(Cl)c(C(=O)N3CCCC3C=CCN3CCC(C(=O)c4ccc(F)cc4)CC3)[nH]c2c1. The van der Waals surface area contributed by atoms with E-state index < -0.39 is 0 Å². The van der Waals surface area contributed by atoms with Gasteiger partial charge in [-0.1, -0.05) is 35.9 Å². The molecule has 3 aromatic rings. The van der Waals surface area contributed by atoms with Crippen LogP contribution >= 0.6 is 11.6 Å². The molecule has 39 heavy (non-hydrogen) atoms. The van der Waals surface area contributed by atoms with Crippen LogP contribution in [0.1, 0.15) is 58.5 Å². The number of likely N-dealkylation sites (tertiary alicyclic amines) is 2. The minimum absolute atomic E-state index is 0.0174. The van der Waals surface area contributed by atoms with E-state index in [4.69, 9.17) is 16.9 Å². The quantitative estimate of drug-likeness (QED) is 0.270. The van der Waals surface area contributed by atoms with Crippen LogP contribution in [0.5, 0.6) is 0 Å². The van der Waals surface area contributed by atoms with Crippen molar-refractivity contribution in [3.8, 4) is 6.07 Å². The van der Waals surface area contributed by atoms with Gasteiger partial charge in [-0.3, -0.25) is 14.5 Å². The van der Waals surface area contributed by atoms with E-state index in [0.29, 0.717) is 35.7 Å². The monoisotopic (exact) mass is 546 g/mol. The number of amides is 1. The van der Waals surface area contributed by atoms with E-state index in [1.807, 2.05) is 23.1 Å². The lowest BCUT2D eigenvalue weighted by Crippen LogP contribution is -2.37. The number of piperidine rings is 1. The Balaban J connectivity index is 1.16. The van der Waals surface area contributed by atoms with E-state index in [2.05, 4.69) is 28.1 Å². The number of carbonyl (C=O) groups is 2. The minimum atomic E-state index is -0.332. The van der Waals surface area contributed by atoms with Gasteiger partial charge in [0.2, 0.25) is 0 Å². The van der Waals surface area contributed by atoms with Crippen molar-refractivity contribution in [2.75, 3.05) is 26.2 Å². The molecule has 1 N–H and O–H groups in total. The third-order valence-corrected chi connectivity index (χ3v) is 8.30. The average Bonchev–Trinajstić information content (AvgIpc) is 3.56. The predicted molar refractivity (Wildman–Crippen MR) is 150 cm³/mol. The maximum Gasteiger partial charge on any atom is 0.272 e. The number of halogens is 2. The molecule has 1 unspecified atom stereocenters. The highest BCUT2D eigenvalue weighted by molar-refractivity contribution is 6.38. The van der Waals surface area contributed by atoms with Gasteiger partial charge in [0.05, 0.1) is 17.1 Å². The number of nitriles is 1. The molecule has 0 saturated carbocycles. The molecule has 1 aromatic heterocycles. The van der Waals surface area contributed by atoms with Crippen LogP contribution in [0, 0.1) is 23.1 Å². The molecule has 1 amide bonds. The Bertz CT molecular complexity index is 1420. The third-order valence-electron chi connectivity index (χ3n) is 7.91. The first-order chi connectivity index (χ1) is 18.9. The fraction of sp³-hybridized carbons (Fsp3) is 0.387. The summed E-state index contributed by atoms with van der Waals surface area (Å²) in [5, 5.41) is 10.1. The average molecular weight is 547 g/mol. The summed E-state index contributed by atoms with van der Waals surface area (Å²) in [5.74, 6) is -0.356. The number of aromatic nitrogens is 1. The van der Waals surface area contributed by atoms with Crippen LogP contribution in [0.2, 0.25) is 5.02 Å². The molecular weight excluding hydrogens is 515 g/mol. The number of hydrogen-bond acceptors (Lipinski definition) is 4. The van der Waals surface area contributed by atoms with Crippen LogP contribution in [0.15, 0.2) is 54.6 Å². The number of rotatable bonds is 8. The Kier molecular flexibility index (Phi) is 8.44. The Morgan fingerprint density at radius 2 is 1.87 bits per heavy atom. The Labute approximate surface area is 233 Å². The Morgan fingerprint density at radius 3 is 2.62 bits per heavy atom. The van der Waals surface area contributed by atoms with Gasteiger partial charge in [0.25, 0.3) is 5.91 Å². The van der Waals surface area contributed by atoms with Gasteiger partial charge in [0.15, 0.2) is 5.78 Å². The predicted octanol–water partition coefficient (Wildman–Crippen LogP) is 6.17. The molecule has 2 saturated heterocycles. The summed E-state index contributed by atoms with van der Waals surface area (Å²) in [6, 6.07) is 13.8. The lowest BCUT2D eigenvalue weighted by molar-refractivity contribution is 0.0756. The largest absolute Gasteiger partial charge is 0.349 e. The summed E-state index contributed by atoms with van der Waals surface area (Å²) in [4.78, 5) is 33.7. The van der Waals surface area contributed by atoms with E-state index in [1.165, 1.54) is 12.1 Å². The molecule has 0 radical (unpaired) electrons. The van der Waals surface area contributed by atoms with Crippen molar-refractivity contribution in [3.05, 3.63) is 82.3 Å². The van der Waals surface area contributed by atoms with Gasteiger partial charge in [0.1, 0.15) is 11.5 Å². The highest BCUT2D eigenvalue weighted by Crippen LogP contribution is 2.31. The van der Waals surface area contributed by atoms with Crippen molar-refractivity contribution in [2.45, 2.75) is 44.6 Å². The first-order valence-corrected chi connectivity index (χ1v) is 14.0. The fourth-order valence-electron chi connectivity index (χ4n) is 5.70. The minimum Gasteiger partial charge on any atom is -0.349 e. The normalized spacial score (nSPS) is 18.7. The molecule has 202 valence electrons. The maximum atomic E-state index is 13.5. The van der Waals surface area contributed by atoms with E-state index in [0.717, 1.165) is 61.8 Å². The van der Waals surface area contributed by atoms with Crippen LogP contribution in [-0.4, -0.2) is 58.7 Å². The number of Topliss-reactive ketones (excluding diaryl/α,β-unsaturated/α-hetero) is 1. The van der Waals surface area contributed by atoms with Crippen molar-refractivity contribution in [1.82, 2.24) is 14.8 Å². The fourth-order valence-corrected chi connectivity index (χ4v) is 5.99. The molecule has 2 aromatic carbocycles. The highest BCUT2D eigenvalue weighted by atomic mass is 35.5. The second-order valence-corrected chi connectivity index (χ2v) is 10.8. The molecule has 0 bridgehead atoms. The summed E-state index contributed by atoms with van der Waals surface area (Å²) < 4.78 is 13.2. The highest BCUT2D eigenvalue weighted by Gasteiger charge is 2.31. The van der Waals surface area contributed by atoms with E-state index in [9.17, 15) is 14.0 Å². The topological polar surface area (TPSA) is 80.2 Å². The summed E-state index contributed by atoms with van der Waals surface area (Å²) in [6.45, 7) is 3.12. The molecule has 2 aliphatic rings. The van der Waals surface area contributed by atoms with Gasteiger partial charge in [-0.25, -0.2) is 4.39 Å². The number of nitrogens with zero attached hydrogens (tertiary/aromatic N) is 3. The number of H-pyrrole nitrogens is 1.